The Morgan fingerprint density at radius 3 is 2.68 bits per heavy atom. The topological polar surface area (TPSA) is 29.3 Å². The van der Waals surface area contributed by atoms with Crippen molar-refractivity contribution < 1.29 is 4.39 Å². The van der Waals surface area contributed by atoms with Crippen molar-refractivity contribution in [3.05, 3.63) is 34.6 Å². The van der Waals surface area contributed by atoms with E-state index in [-0.39, 0.29) is 10.8 Å². The van der Waals surface area contributed by atoms with Gasteiger partial charge in [-0.2, -0.15) is 0 Å². The Labute approximate surface area is 123 Å². The van der Waals surface area contributed by atoms with Gasteiger partial charge in [0.25, 0.3) is 0 Å². The van der Waals surface area contributed by atoms with Gasteiger partial charge in [-0.25, -0.2) is 4.39 Å². The third kappa shape index (κ3) is 4.13. The summed E-state index contributed by atoms with van der Waals surface area (Å²) in [7, 11) is 0. The second-order valence-electron chi connectivity index (χ2n) is 5.06. The Morgan fingerprint density at radius 1 is 1.42 bits per heavy atom. The zero-order chi connectivity index (χ0) is 13.8. The van der Waals surface area contributed by atoms with Gasteiger partial charge in [0.2, 0.25) is 0 Å². The van der Waals surface area contributed by atoms with Crippen LogP contribution in [0.1, 0.15) is 31.2 Å². The van der Waals surface area contributed by atoms with Crippen molar-refractivity contribution in [1.29, 1.82) is 0 Å². The van der Waals surface area contributed by atoms with Crippen molar-refractivity contribution in [2.75, 3.05) is 6.54 Å². The largest absolute Gasteiger partial charge is 0.392 e. The maximum Gasteiger partial charge on any atom is 0.141 e. The van der Waals surface area contributed by atoms with Crippen LogP contribution in [0.3, 0.4) is 0 Å². The van der Waals surface area contributed by atoms with Crippen LogP contribution in [0.2, 0.25) is 5.02 Å². The zero-order valence-corrected chi connectivity index (χ0v) is 12.3. The first-order valence-corrected chi connectivity index (χ1v) is 7.31. The van der Waals surface area contributed by atoms with Crippen molar-refractivity contribution >= 4 is 28.8 Å². The van der Waals surface area contributed by atoms with Crippen LogP contribution >= 0.6 is 23.8 Å². The number of thiocarbonyl (C=S) groups is 1. The second kappa shape index (κ2) is 6.64. The fourth-order valence-electron chi connectivity index (χ4n) is 2.66. The van der Waals surface area contributed by atoms with E-state index in [1.165, 1.54) is 31.7 Å². The average molecular weight is 301 g/mol. The van der Waals surface area contributed by atoms with E-state index in [1.807, 2.05) is 0 Å². The second-order valence-corrected chi connectivity index (χ2v) is 5.99. The Bertz CT molecular complexity index is 461. The minimum Gasteiger partial charge on any atom is -0.392 e. The SMILES string of the molecule is NC(=S)CN(Cc1ccc(F)c(Cl)c1)C1CCCC1. The van der Waals surface area contributed by atoms with Gasteiger partial charge in [-0.15, -0.1) is 0 Å². The number of nitrogens with zero attached hydrogens (tertiary/aromatic N) is 1. The fraction of sp³-hybridized carbons (Fsp3) is 0.500. The predicted molar refractivity (Wildman–Crippen MR) is 80.9 cm³/mol. The van der Waals surface area contributed by atoms with Crippen molar-refractivity contribution in [2.24, 2.45) is 5.73 Å². The van der Waals surface area contributed by atoms with Crippen LogP contribution in [-0.4, -0.2) is 22.5 Å². The lowest BCUT2D eigenvalue weighted by Gasteiger charge is -2.28. The van der Waals surface area contributed by atoms with Gasteiger partial charge in [0, 0.05) is 19.1 Å². The molecular formula is C14H18ClFN2S. The molecule has 0 radical (unpaired) electrons. The molecule has 2 rings (SSSR count). The monoisotopic (exact) mass is 300 g/mol. The average Bonchev–Trinajstić information content (AvgIpc) is 2.86. The summed E-state index contributed by atoms with van der Waals surface area (Å²) in [5.74, 6) is -0.382. The molecule has 1 aliphatic carbocycles. The number of rotatable bonds is 5. The van der Waals surface area contributed by atoms with Gasteiger partial charge in [-0.3, -0.25) is 4.90 Å². The lowest BCUT2D eigenvalue weighted by molar-refractivity contribution is 0.219. The highest BCUT2D eigenvalue weighted by molar-refractivity contribution is 7.80. The van der Waals surface area contributed by atoms with Crippen molar-refractivity contribution in [1.82, 2.24) is 4.90 Å². The zero-order valence-electron chi connectivity index (χ0n) is 10.7. The van der Waals surface area contributed by atoms with Gasteiger partial charge in [-0.05, 0) is 30.5 Å². The summed E-state index contributed by atoms with van der Waals surface area (Å²) < 4.78 is 13.2. The third-order valence-electron chi connectivity index (χ3n) is 3.57. The Balaban J connectivity index is 2.09. The molecule has 0 atom stereocenters. The van der Waals surface area contributed by atoms with E-state index in [1.54, 1.807) is 12.1 Å². The summed E-state index contributed by atoms with van der Waals surface area (Å²) in [5, 5.41) is 0.166. The summed E-state index contributed by atoms with van der Waals surface area (Å²) in [6, 6.07) is 5.37. The van der Waals surface area contributed by atoms with E-state index in [4.69, 9.17) is 29.6 Å². The lowest BCUT2D eigenvalue weighted by atomic mass is 10.1. The molecule has 0 bridgehead atoms. The fourth-order valence-corrected chi connectivity index (χ4v) is 3.03. The van der Waals surface area contributed by atoms with Crippen LogP contribution in [0.4, 0.5) is 4.39 Å². The summed E-state index contributed by atoms with van der Waals surface area (Å²) in [6.07, 6.45) is 4.86. The molecule has 104 valence electrons. The number of hydrogen-bond donors (Lipinski definition) is 1. The number of benzene rings is 1. The molecule has 0 aliphatic heterocycles. The van der Waals surface area contributed by atoms with Gasteiger partial charge < -0.3 is 5.73 Å². The smallest absolute Gasteiger partial charge is 0.141 e. The van der Waals surface area contributed by atoms with Crippen LogP contribution in [0.25, 0.3) is 0 Å². The summed E-state index contributed by atoms with van der Waals surface area (Å²) in [6.45, 7) is 1.32. The van der Waals surface area contributed by atoms with Crippen LogP contribution < -0.4 is 5.73 Å². The number of nitrogens with two attached hydrogens (primary N) is 1. The minimum absolute atomic E-state index is 0.166. The molecule has 5 heteroatoms. The van der Waals surface area contributed by atoms with E-state index in [9.17, 15) is 4.39 Å². The summed E-state index contributed by atoms with van der Waals surface area (Å²) in [5.41, 5.74) is 6.67. The van der Waals surface area contributed by atoms with Crippen LogP contribution in [-0.2, 0) is 6.54 Å². The van der Waals surface area contributed by atoms with Crippen LogP contribution in [0.15, 0.2) is 18.2 Å². The minimum atomic E-state index is -0.382. The maximum absolute atomic E-state index is 13.2. The lowest BCUT2D eigenvalue weighted by Crippen LogP contribution is -2.38. The molecule has 2 nitrogen and oxygen atoms in total. The molecule has 0 heterocycles. The molecule has 0 aromatic heterocycles. The summed E-state index contributed by atoms with van der Waals surface area (Å²) in [4.78, 5) is 2.78. The van der Waals surface area contributed by atoms with Crippen LogP contribution in [0, 0.1) is 5.82 Å². The third-order valence-corrected chi connectivity index (χ3v) is 3.99. The molecule has 0 amide bonds. The Kier molecular flexibility index (Phi) is 5.13. The van der Waals surface area contributed by atoms with Crippen molar-refractivity contribution in [2.45, 2.75) is 38.3 Å². The van der Waals surface area contributed by atoms with Gasteiger partial charge in [-0.1, -0.05) is 42.7 Å². The van der Waals surface area contributed by atoms with Gasteiger partial charge >= 0.3 is 0 Å². The van der Waals surface area contributed by atoms with E-state index >= 15 is 0 Å². The van der Waals surface area contributed by atoms with E-state index in [2.05, 4.69) is 4.90 Å². The molecule has 2 N–H and O–H groups in total. The molecule has 19 heavy (non-hydrogen) atoms. The number of halogens is 2. The first-order chi connectivity index (χ1) is 9.06. The van der Waals surface area contributed by atoms with Crippen molar-refractivity contribution in [3.63, 3.8) is 0 Å². The quantitative estimate of drug-likeness (QED) is 0.844. The van der Waals surface area contributed by atoms with Crippen LogP contribution in [0.5, 0.6) is 0 Å². The van der Waals surface area contributed by atoms with E-state index < -0.39 is 0 Å². The molecule has 1 fully saturated rings. The highest BCUT2D eigenvalue weighted by Crippen LogP contribution is 2.25. The molecule has 1 aromatic rings. The van der Waals surface area contributed by atoms with Gasteiger partial charge in [0.05, 0.1) is 10.0 Å². The van der Waals surface area contributed by atoms with Gasteiger partial charge in [0.15, 0.2) is 0 Å². The Hall–Kier alpha value is -0.710. The summed E-state index contributed by atoms with van der Waals surface area (Å²) >= 11 is 10.8. The normalized spacial score (nSPS) is 16.2. The number of hydrogen-bond acceptors (Lipinski definition) is 2. The highest BCUT2D eigenvalue weighted by Gasteiger charge is 2.23. The van der Waals surface area contributed by atoms with E-state index in [0.29, 0.717) is 24.1 Å². The molecule has 1 aliphatic rings. The maximum atomic E-state index is 13.2. The molecule has 0 spiro atoms. The highest BCUT2D eigenvalue weighted by atomic mass is 35.5. The Morgan fingerprint density at radius 2 is 2.11 bits per heavy atom. The first-order valence-electron chi connectivity index (χ1n) is 6.52. The van der Waals surface area contributed by atoms with Gasteiger partial charge in [0.1, 0.15) is 5.82 Å². The molecule has 0 saturated heterocycles. The molecular weight excluding hydrogens is 283 g/mol. The van der Waals surface area contributed by atoms with Crippen molar-refractivity contribution in [3.8, 4) is 0 Å². The molecule has 0 unspecified atom stereocenters. The molecule has 1 saturated carbocycles. The van der Waals surface area contributed by atoms with E-state index in [0.717, 1.165) is 5.56 Å². The molecule has 1 aromatic carbocycles. The standard InChI is InChI=1S/C14H18ClFN2S/c15-12-7-10(5-6-13(12)16)8-18(9-14(17)19)11-3-1-2-4-11/h5-7,11H,1-4,8-9H2,(H2,17,19). The predicted octanol–water partition coefficient (Wildman–Crippen LogP) is 3.51. The first kappa shape index (κ1) is 14.7.